The van der Waals surface area contributed by atoms with Crippen LogP contribution in [0.1, 0.15) is 16.1 Å². The Hall–Kier alpha value is -1.13. The summed E-state index contributed by atoms with van der Waals surface area (Å²) in [5.41, 5.74) is 1.76. The van der Waals surface area contributed by atoms with Crippen LogP contribution in [0.25, 0.3) is 10.9 Å². The van der Waals surface area contributed by atoms with E-state index in [1.807, 2.05) is 10.8 Å². The van der Waals surface area contributed by atoms with Crippen molar-refractivity contribution in [3.05, 3.63) is 27.0 Å². The number of aromatic nitrogens is 1. The molecule has 3 nitrogen and oxygen atoms in total. The third-order valence-corrected chi connectivity index (χ3v) is 3.26. The van der Waals surface area contributed by atoms with Gasteiger partial charge in [0.05, 0.1) is 23.3 Å². The van der Waals surface area contributed by atoms with Gasteiger partial charge in [-0.25, -0.2) is 4.79 Å². The Morgan fingerprint density at radius 2 is 2.27 bits per heavy atom. The van der Waals surface area contributed by atoms with E-state index in [-0.39, 0.29) is 0 Å². The molecule has 0 fully saturated rings. The van der Waals surface area contributed by atoms with Gasteiger partial charge in [-0.1, -0.05) is 11.6 Å². The molecular weight excluding hydrogens is 234 g/mol. The number of nitrogens with zero attached hydrogens (tertiary/aromatic N) is 1. The molecule has 0 bridgehead atoms. The molecule has 2 aromatic rings. The van der Waals surface area contributed by atoms with E-state index in [1.54, 1.807) is 6.92 Å². The summed E-state index contributed by atoms with van der Waals surface area (Å²) in [4.78, 5) is 15.8. The van der Waals surface area contributed by atoms with Crippen molar-refractivity contribution in [2.24, 2.45) is 0 Å². The molecular formula is C10H8ClNO2S. The van der Waals surface area contributed by atoms with Crippen molar-refractivity contribution in [1.29, 1.82) is 0 Å². The zero-order chi connectivity index (χ0) is 11.0. The first kappa shape index (κ1) is 10.4. The van der Waals surface area contributed by atoms with Crippen LogP contribution in [-0.4, -0.2) is 18.1 Å². The van der Waals surface area contributed by atoms with Crippen molar-refractivity contribution in [2.75, 3.05) is 7.11 Å². The normalized spacial score (nSPS) is 10.6. The number of pyridine rings is 1. The predicted molar refractivity (Wildman–Crippen MR) is 60.7 cm³/mol. The Morgan fingerprint density at radius 1 is 1.53 bits per heavy atom. The van der Waals surface area contributed by atoms with Crippen LogP contribution in [0.2, 0.25) is 5.02 Å². The number of hydrogen-bond donors (Lipinski definition) is 0. The minimum Gasteiger partial charge on any atom is -0.465 e. The summed E-state index contributed by atoms with van der Waals surface area (Å²) in [7, 11) is 1.33. The molecule has 0 saturated heterocycles. The molecule has 0 atom stereocenters. The SMILES string of the molecule is COC(=O)c1c(C)nc2cscc2c1Cl. The summed E-state index contributed by atoms with van der Waals surface area (Å²) >= 11 is 7.63. The molecule has 2 heterocycles. The molecule has 0 saturated carbocycles. The van der Waals surface area contributed by atoms with Crippen LogP contribution in [-0.2, 0) is 4.74 Å². The number of hydrogen-bond acceptors (Lipinski definition) is 4. The van der Waals surface area contributed by atoms with Gasteiger partial charge < -0.3 is 4.74 Å². The third kappa shape index (κ3) is 1.60. The number of aryl methyl sites for hydroxylation is 1. The van der Waals surface area contributed by atoms with Crippen molar-refractivity contribution in [3.63, 3.8) is 0 Å². The molecule has 15 heavy (non-hydrogen) atoms. The van der Waals surface area contributed by atoms with Gasteiger partial charge >= 0.3 is 5.97 Å². The van der Waals surface area contributed by atoms with E-state index in [0.717, 1.165) is 10.9 Å². The van der Waals surface area contributed by atoms with Crippen molar-refractivity contribution in [1.82, 2.24) is 4.98 Å². The zero-order valence-electron chi connectivity index (χ0n) is 8.20. The van der Waals surface area contributed by atoms with E-state index in [1.165, 1.54) is 18.4 Å². The van der Waals surface area contributed by atoms with E-state index in [4.69, 9.17) is 11.6 Å². The van der Waals surface area contributed by atoms with Gasteiger partial charge in [-0.15, -0.1) is 11.3 Å². The summed E-state index contributed by atoms with van der Waals surface area (Å²) in [5, 5.41) is 4.99. The molecule has 0 N–H and O–H groups in total. The maximum atomic E-state index is 11.5. The van der Waals surface area contributed by atoms with Gasteiger partial charge in [0, 0.05) is 16.1 Å². The zero-order valence-corrected chi connectivity index (χ0v) is 9.78. The van der Waals surface area contributed by atoms with E-state index < -0.39 is 5.97 Å². The first-order chi connectivity index (χ1) is 7.15. The lowest BCUT2D eigenvalue weighted by molar-refractivity contribution is 0.0600. The summed E-state index contributed by atoms with van der Waals surface area (Å²) < 4.78 is 4.66. The van der Waals surface area contributed by atoms with Gasteiger partial charge in [-0.3, -0.25) is 4.98 Å². The number of rotatable bonds is 1. The predicted octanol–water partition coefficient (Wildman–Crippen LogP) is 3.04. The molecule has 2 rings (SSSR count). The van der Waals surface area contributed by atoms with Gasteiger partial charge in [0.2, 0.25) is 0 Å². The van der Waals surface area contributed by atoms with Crippen molar-refractivity contribution in [3.8, 4) is 0 Å². The second kappa shape index (κ2) is 3.79. The lowest BCUT2D eigenvalue weighted by atomic mass is 10.1. The van der Waals surface area contributed by atoms with E-state index >= 15 is 0 Å². The molecule has 0 unspecified atom stereocenters. The molecule has 0 aliphatic rings. The van der Waals surface area contributed by atoms with Gasteiger partial charge in [0.15, 0.2) is 0 Å². The Labute approximate surface area is 95.6 Å². The standard InChI is InChI=1S/C10H8ClNO2S/c1-5-8(10(13)14-2)9(11)6-3-15-4-7(6)12-5/h3-4H,1-2H3. The molecule has 78 valence electrons. The largest absolute Gasteiger partial charge is 0.465 e. The molecule has 0 radical (unpaired) electrons. The van der Waals surface area contributed by atoms with Crippen molar-refractivity contribution >= 4 is 39.8 Å². The fourth-order valence-corrected chi connectivity index (χ4v) is 2.59. The Bertz CT molecular complexity index is 535. The van der Waals surface area contributed by atoms with Gasteiger partial charge in [-0.05, 0) is 6.92 Å². The Balaban J connectivity index is 2.78. The second-order valence-electron chi connectivity index (χ2n) is 3.05. The molecule has 2 aromatic heterocycles. The van der Waals surface area contributed by atoms with E-state index in [2.05, 4.69) is 9.72 Å². The average molecular weight is 242 g/mol. The lowest BCUT2D eigenvalue weighted by Gasteiger charge is -2.06. The first-order valence-corrected chi connectivity index (χ1v) is 5.57. The highest BCUT2D eigenvalue weighted by atomic mass is 35.5. The minimum absolute atomic E-state index is 0.352. The number of carbonyl (C=O) groups is 1. The fourth-order valence-electron chi connectivity index (χ4n) is 1.41. The number of carbonyl (C=O) groups excluding carboxylic acids is 1. The fraction of sp³-hybridized carbons (Fsp3) is 0.200. The molecule has 0 aliphatic carbocycles. The van der Waals surface area contributed by atoms with E-state index in [9.17, 15) is 4.79 Å². The Kier molecular flexibility index (Phi) is 2.63. The smallest absolute Gasteiger partial charge is 0.341 e. The van der Waals surface area contributed by atoms with Crippen molar-refractivity contribution in [2.45, 2.75) is 6.92 Å². The van der Waals surface area contributed by atoms with Crippen LogP contribution in [0.4, 0.5) is 0 Å². The lowest BCUT2D eigenvalue weighted by Crippen LogP contribution is -2.06. The molecule has 0 spiro atoms. The summed E-state index contributed by atoms with van der Waals surface area (Å²) in [6.07, 6.45) is 0. The van der Waals surface area contributed by atoms with Gasteiger partial charge in [-0.2, -0.15) is 0 Å². The average Bonchev–Trinajstić information content (AvgIpc) is 2.65. The van der Waals surface area contributed by atoms with Gasteiger partial charge in [0.25, 0.3) is 0 Å². The number of fused-ring (bicyclic) bond motifs is 1. The van der Waals surface area contributed by atoms with E-state index in [0.29, 0.717) is 16.3 Å². The molecule has 5 heteroatoms. The number of halogens is 1. The van der Waals surface area contributed by atoms with Crippen molar-refractivity contribution < 1.29 is 9.53 Å². The van der Waals surface area contributed by atoms with Crippen LogP contribution < -0.4 is 0 Å². The number of ether oxygens (including phenoxy) is 1. The third-order valence-electron chi connectivity index (χ3n) is 2.14. The van der Waals surface area contributed by atoms with Crippen LogP contribution in [0.15, 0.2) is 10.8 Å². The molecule has 0 aromatic carbocycles. The number of thiophene rings is 1. The van der Waals surface area contributed by atoms with Crippen LogP contribution >= 0.6 is 22.9 Å². The quantitative estimate of drug-likeness (QED) is 0.721. The molecule has 0 amide bonds. The topological polar surface area (TPSA) is 39.2 Å². The second-order valence-corrected chi connectivity index (χ2v) is 4.17. The maximum Gasteiger partial charge on any atom is 0.341 e. The highest BCUT2D eigenvalue weighted by Crippen LogP contribution is 2.30. The summed E-state index contributed by atoms with van der Waals surface area (Å²) in [6, 6.07) is 0. The maximum absolute atomic E-state index is 11.5. The van der Waals surface area contributed by atoms with Gasteiger partial charge in [0.1, 0.15) is 5.56 Å². The summed E-state index contributed by atoms with van der Waals surface area (Å²) in [5.74, 6) is -0.446. The molecule has 0 aliphatic heterocycles. The Morgan fingerprint density at radius 3 is 2.93 bits per heavy atom. The van der Waals surface area contributed by atoms with Crippen LogP contribution in [0, 0.1) is 6.92 Å². The number of esters is 1. The first-order valence-electron chi connectivity index (χ1n) is 4.25. The minimum atomic E-state index is -0.446. The monoisotopic (exact) mass is 241 g/mol. The van der Waals surface area contributed by atoms with Crippen LogP contribution in [0.5, 0.6) is 0 Å². The highest BCUT2D eigenvalue weighted by molar-refractivity contribution is 7.09. The summed E-state index contributed by atoms with van der Waals surface area (Å²) in [6.45, 7) is 1.75. The number of methoxy groups -OCH3 is 1. The highest BCUT2D eigenvalue weighted by Gasteiger charge is 2.18. The van der Waals surface area contributed by atoms with Crippen LogP contribution in [0.3, 0.4) is 0 Å².